The van der Waals surface area contributed by atoms with Crippen molar-refractivity contribution >= 4 is 23.7 Å². The lowest BCUT2D eigenvalue weighted by molar-refractivity contribution is -0.240. The second-order valence-corrected chi connectivity index (χ2v) is 19.5. The Morgan fingerprint density at radius 2 is 1.17 bits per heavy atom. The van der Waals surface area contributed by atoms with Gasteiger partial charge in [-0.3, -0.25) is 19.2 Å². The van der Waals surface area contributed by atoms with Crippen LogP contribution in [0.1, 0.15) is 209 Å². The lowest BCUT2D eigenvalue weighted by Crippen LogP contribution is -2.67. The van der Waals surface area contributed by atoms with Crippen molar-refractivity contribution in [3.8, 4) is 0 Å². The van der Waals surface area contributed by atoms with E-state index in [0.717, 1.165) is 38.5 Å². The van der Waals surface area contributed by atoms with Crippen LogP contribution >= 0.6 is 0 Å². The van der Waals surface area contributed by atoms with Crippen LogP contribution in [0.3, 0.4) is 0 Å². The number of carbonyl (C=O) groups excluding carboxylic acids is 4. The van der Waals surface area contributed by atoms with Crippen molar-refractivity contribution in [3.63, 3.8) is 0 Å². The van der Waals surface area contributed by atoms with Gasteiger partial charge in [-0.25, -0.2) is 0 Å². The van der Waals surface area contributed by atoms with Gasteiger partial charge in [0.1, 0.15) is 17.3 Å². The van der Waals surface area contributed by atoms with Gasteiger partial charge in [-0.05, 0) is 30.9 Å². The van der Waals surface area contributed by atoms with E-state index in [9.17, 15) is 29.4 Å². The van der Waals surface area contributed by atoms with Crippen molar-refractivity contribution in [2.75, 3.05) is 6.61 Å². The number of aliphatic hydroxyl groups is 2. The smallest absolute Gasteiger partial charge is 0.306 e. The first-order valence-corrected chi connectivity index (χ1v) is 24.1. The zero-order chi connectivity index (χ0) is 43.3. The fourth-order valence-electron chi connectivity index (χ4n) is 11.6. The predicted octanol–water partition coefficient (Wildman–Crippen LogP) is 11.0. The van der Waals surface area contributed by atoms with Crippen molar-refractivity contribution in [3.05, 3.63) is 23.3 Å². The molecule has 0 radical (unpaired) electrons. The molecule has 0 amide bonds. The predicted molar refractivity (Wildman–Crippen MR) is 232 cm³/mol. The summed E-state index contributed by atoms with van der Waals surface area (Å²) in [6.07, 6.45) is 28.1. The Kier molecular flexibility index (Phi) is 18.8. The van der Waals surface area contributed by atoms with Crippen LogP contribution in [0.15, 0.2) is 23.3 Å². The molecule has 0 aromatic carbocycles. The summed E-state index contributed by atoms with van der Waals surface area (Å²) in [5.41, 5.74) is -4.70. The summed E-state index contributed by atoms with van der Waals surface area (Å²) in [6, 6.07) is 0. The Balaban J connectivity index is 1.55. The van der Waals surface area contributed by atoms with Gasteiger partial charge < -0.3 is 24.4 Å². The summed E-state index contributed by atoms with van der Waals surface area (Å²) < 4.78 is 19.6. The van der Waals surface area contributed by atoms with E-state index in [1.165, 1.54) is 96.8 Å². The van der Waals surface area contributed by atoms with Crippen molar-refractivity contribution in [2.45, 2.75) is 232 Å². The molecular formula is C50H82O9. The third-order valence-electron chi connectivity index (χ3n) is 14.7. The van der Waals surface area contributed by atoms with Crippen LogP contribution in [0.4, 0.5) is 0 Å². The summed E-state index contributed by atoms with van der Waals surface area (Å²) >= 11 is 0. The SMILES string of the molecule is CCCCCCCCCCCCCC(=O)O[C@@H]1[C@@H](C)[C@@]2(OC(=O)CCCCCCCCCCCCC)[C@@H](C=C(CO)C[C@]3(O)C(=O)C(C)=C[C@@H]23)[C@@H]2C(C)(C)[C@]12OC(C)=O. The van der Waals surface area contributed by atoms with Crippen molar-refractivity contribution in [1.82, 2.24) is 0 Å². The van der Waals surface area contributed by atoms with E-state index in [1.54, 1.807) is 13.0 Å². The first-order chi connectivity index (χ1) is 28.2. The monoisotopic (exact) mass is 827 g/mol. The van der Waals surface area contributed by atoms with Crippen LogP contribution in [0, 0.1) is 29.1 Å². The standard InChI is InChI=1S/C50H82O9/c1-8-10-12-14-16-18-20-22-24-26-28-30-42(53)57-46-37(4)49(59-43(54)31-29-27-25-23-21-19-17-15-13-11-9-2)40(44-47(6,7)50(44,46)58-38(5)52)33-39(35-51)34-48(56)41(49)32-36(3)45(48)55/h32-33,37,40-41,44,46,51,56H,8-31,34-35H2,1-7H3/t37-,40+,41-,44-,46-,48-,49-,50-/m1/s1. The maximum Gasteiger partial charge on any atom is 0.306 e. The maximum atomic E-state index is 14.2. The van der Waals surface area contributed by atoms with E-state index in [2.05, 4.69) is 13.8 Å². The second-order valence-electron chi connectivity index (χ2n) is 19.5. The van der Waals surface area contributed by atoms with Gasteiger partial charge in [0.25, 0.3) is 0 Å². The van der Waals surface area contributed by atoms with Gasteiger partial charge in [0.2, 0.25) is 0 Å². The van der Waals surface area contributed by atoms with Crippen LogP contribution in [0.2, 0.25) is 0 Å². The largest absolute Gasteiger partial charge is 0.458 e. The minimum Gasteiger partial charge on any atom is -0.458 e. The molecule has 0 unspecified atom stereocenters. The van der Waals surface area contributed by atoms with Gasteiger partial charge in [0, 0.05) is 49.4 Å². The van der Waals surface area contributed by atoms with E-state index in [0.29, 0.717) is 24.0 Å². The molecule has 0 bridgehead atoms. The van der Waals surface area contributed by atoms with Gasteiger partial charge in [-0.15, -0.1) is 0 Å². The molecule has 0 saturated heterocycles. The number of ketones is 1. The summed E-state index contributed by atoms with van der Waals surface area (Å²) in [6.45, 7) is 12.9. The molecule has 4 rings (SSSR count). The van der Waals surface area contributed by atoms with Crippen LogP contribution in [0.25, 0.3) is 0 Å². The lowest BCUT2D eigenvalue weighted by atomic mass is 9.58. The summed E-state index contributed by atoms with van der Waals surface area (Å²) in [7, 11) is 0. The molecule has 0 aliphatic heterocycles. The molecule has 336 valence electrons. The highest BCUT2D eigenvalue weighted by Crippen LogP contribution is 2.77. The third kappa shape index (κ3) is 11.1. The number of Topliss-reactive ketones (excluding diaryl/α,β-unsaturated/α-hetero) is 1. The number of esters is 3. The summed E-state index contributed by atoms with van der Waals surface area (Å²) in [5.74, 6) is -4.76. The summed E-state index contributed by atoms with van der Waals surface area (Å²) in [4.78, 5) is 55.0. The fraction of sp³-hybridized carbons (Fsp3) is 0.840. The molecule has 8 atom stereocenters. The maximum absolute atomic E-state index is 14.2. The molecular weight excluding hydrogens is 745 g/mol. The van der Waals surface area contributed by atoms with Crippen LogP contribution in [-0.4, -0.2) is 63.4 Å². The zero-order valence-corrected chi connectivity index (χ0v) is 38.2. The van der Waals surface area contributed by atoms with E-state index in [4.69, 9.17) is 14.2 Å². The Morgan fingerprint density at radius 3 is 1.63 bits per heavy atom. The number of fused-ring (bicyclic) bond motifs is 5. The number of carbonyl (C=O) groups is 4. The quantitative estimate of drug-likeness (QED) is 0.0342. The zero-order valence-electron chi connectivity index (χ0n) is 38.2. The number of rotatable bonds is 28. The van der Waals surface area contributed by atoms with E-state index < -0.39 is 82.3 Å². The molecule has 4 aliphatic carbocycles. The lowest BCUT2D eigenvalue weighted by Gasteiger charge is -2.55. The summed E-state index contributed by atoms with van der Waals surface area (Å²) in [5, 5.41) is 23.1. The van der Waals surface area contributed by atoms with Crippen LogP contribution < -0.4 is 0 Å². The van der Waals surface area contributed by atoms with Crippen molar-refractivity contribution in [2.24, 2.45) is 29.1 Å². The highest BCUT2D eigenvalue weighted by atomic mass is 16.6. The van der Waals surface area contributed by atoms with Crippen molar-refractivity contribution in [1.29, 1.82) is 0 Å². The number of ether oxygens (including phenoxy) is 3. The molecule has 2 fully saturated rings. The molecule has 0 heterocycles. The number of hydrogen-bond acceptors (Lipinski definition) is 9. The van der Waals surface area contributed by atoms with Gasteiger partial charge in [-0.1, -0.05) is 175 Å². The average Bonchev–Trinajstić information content (AvgIpc) is 3.62. The average molecular weight is 827 g/mol. The van der Waals surface area contributed by atoms with Gasteiger partial charge in [-0.2, -0.15) is 0 Å². The highest BCUT2D eigenvalue weighted by Gasteiger charge is 2.88. The normalized spacial score (nSPS) is 30.3. The highest BCUT2D eigenvalue weighted by molar-refractivity contribution is 6.05. The molecule has 59 heavy (non-hydrogen) atoms. The Morgan fingerprint density at radius 1 is 0.712 bits per heavy atom. The minimum atomic E-state index is -1.98. The van der Waals surface area contributed by atoms with E-state index in [-0.39, 0.29) is 19.3 Å². The molecule has 0 aromatic heterocycles. The number of unbranched alkanes of at least 4 members (excludes halogenated alkanes) is 20. The second kappa shape index (κ2) is 22.5. The van der Waals surface area contributed by atoms with Gasteiger partial charge in [0.15, 0.2) is 11.4 Å². The minimum absolute atomic E-state index is 0.126. The molecule has 2 saturated carbocycles. The number of hydrogen-bond donors (Lipinski definition) is 2. The van der Waals surface area contributed by atoms with Gasteiger partial charge >= 0.3 is 17.9 Å². The molecule has 9 nitrogen and oxygen atoms in total. The van der Waals surface area contributed by atoms with E-state index >= 15 is 0 Å². The van der Waals surface area contributed by atoms with Crippen LogP contribution in [0.5, 0.6) is 0 Å². The Bertz CT molecular complexity index is 1460. The van der Waals surface area contributed by atoms with Crippen molar-refractivity contribution < 1.29 is 43.6 Å². The third-order valence-corrected chi connectivity index (χ3v) is 14.7. The molecule has 9 heteroatoms. The fourth-order valence-corrected chi connectivity index (χ4v) is 11.6. The molecule has 4 aliphatic rings. The van der Waals surface area contributed by atoms with Gasteiger partial charge in [0.05, 0.1) is 12.5 Å². The molecule has 0 aromatic rings. The first kappa shape index (κ1) is 49.1. The number of aliphatic hydroxyl groups excluding tert-OH is 1. The topological polar surface area (TPSA) is 136 Å². The Labute approximate surface area is 357 Å². The molecule has 2 N–H and O–H groups in total. The first-order valence-electron chi connectivity index (χ1n) is 24.1. The van der Waals surface area contributed by atoms with Crippen LogP contribution in [-0.2, 0) is 33.4 Å². The Hall–Kier alpha value is -2.52. The molecule has 0 spiro atoms. The van der Waals surface area contributed by atoms with E-state index in [1.807, 2.05) is 26.8 Å².